The summed E-state index contributed by atoms with van der Waals surface area (Å²) in [6, 6.07) is 71.8. The summed E-state index contributed by atoms with van der Waals surface area (Å²) >= 11 is 0. The first-order chi connectivity index (χ1) is 30.6. The smallest absolute Gasteiger partial charge is 0.135 e. The van der Waals surface area contributed by atoms with Crippen LogP contribution < -0.4 is 4.90 Å². The lowest BCUT2D eigenvalue weighted by atomic mass is 9.71. The number of para-hydroxylation sites is 3. The van der Waals surface area contributed by atoms with Crippen LogP contribution >= 0.6 is 0 Å². The van der Waals surface area contributed by atoms with E-state index < -0.39 is 5.41 Å². The molecule has 1 aliphatic rings. The summed E-state index contributed by atoms with van der Waals surface area (Å²) in [6.07, 6.45) is 9.19. The predicted molar refractivity (Wildman–Crippen MR) is 259 cm³/mol. The van der Waals surface area contributed by atoms with Gasteiger partial charge in [-0.15, -0.1) is 0 Å². The molecule has 12 rings (SSSR count). The monoisotopic (exact) mass is 795 g/mol. The van der Waals surface area contributed by atoms with E-state index in [1.807, 2.05) is 18.2 Å². The Morgan fingerprint density at radius 3 is 1.94 bits per heavy atom. The third-order valence-corrected chi connectivity index (χ3v) is 13.0. The fraction of sp³-hybridized carbons (Fsp3) is 0.0508. The van der Waals surface area contributed by atoms with E-state index in [0.717, 1.165) is 71.9 Å². The van der Waals surface area contributed by atoms with Gasteiger partial charge in [-0.25, -0.2) is 0 Å². The Hall–Kier alpha value is -7.88. The average Bonchev–Trinajstić information content (AvgIpc) is 3.91. The molecular formula is C59H41NO2. The van der Waals surface area contributed by atoms with E-state index in [2.05, 4.69) is 218 Å². The number of benzene rings is 9. The number of rotatable bonds is 7. The van der Waals surface area contributed by atoms with Crippen molar-refractivity contribution in [3.05, 3.63) is 230 Å². The Bertz CT molecular complexity index is 3560. The summed E-state index contributed by atoms with van der Waals surface area (Å²) < 4.78 is 12.8. The van der Waals surface area contributed by atoms with Gasteiger partial charge in [-0.2, -0.15) is 0 Å². The molecule has 0 saturated carbocycles. The molecule has 0 fully saturated rings. The minimum Gasteiger partial charge on any atom is -0.456 e. The second kappa shape index (κ2) is 14.4. The van der Waals surface area contributed by atoms with E-state index >= 15 is 0 Å². The van der Waals surface area contributed by atoms with Crippen LogP contribution in [0.15, 0.2) is 233 Å². The van der Waals surface area contributed by atoms with Crippen molar-refractivity contribution in [1.29, 1.82) is 0 Å². The standard InChI is InChI=1S/C59H41NO2/c1-59(50-28-16-32-55-58(50)48-25-7-10-31-53(48)62-55)36-12-11-33-56(59)60(43-22-13-21-41(37-43)42-34-35-54-49(38-42)46-24-6-9-30-52(46)61-54)51-29-8-5-23-45(51)47-27-15-20-40-19-14-26-44(57(40)47)39-17-3-2-4-18-39/h2-38,56H,1H3. The number of hydrogen-bond acceptors (Lipinski definition) is 3. The van der Waals surface area contributed by atoms with Crippen LogP contribution in [0.1, 0.15) is 12.5 Å². The maximum absolute atomic E-state index is 6.51. The molecule has 0 aliphatic heterocycles. The number of allylic oxidation sites excluding steroid dienone is 2. The average molecular weight is 796 g/mol. The molecule has 2 atom stereocenters. The highest BCUT2D eigenvalue weighted by atomic mass is 16.3. The quantitative estimate of drug-likeness (QED) is 0.161. The molecule has 1 aliphatic carbocycles. The molecule has 2 aromatic heterocycles. The second-order valence-electron chi connectivity index (χ2n) is 16.6. The zero-order chi connectivity index (χ0) is 41.2. The van der Waals surface area contributed by atoms with Crippen molar-refractivity contribution in [2.24, 2.45) is 0 Å². The molecule has 0 amide bonds. The van der Waals surface area contributed by atoms with Crippen LogP contribution in [-0.2, 0) is 5.41 Å². The van der Waals surface area contributed by atoms with Gasteiger partial charge in [0, 0.05) is 43.9 Å². The third kappa shape index (κ3) is 5.73. The van der Waals surface area contributed by atoms with Crippen LogP contribution in [0.5, 0.6) is 0 Å². The molecular weight excluding hydrogens is 755 g/mol. The first-order valence-corrected chi connectivity index (χ1v) is 21.4. The summed E-state index contributed by atoms with van der Waals surface area (Å²) in [6.45, 7) is 2.39. The molecule has 3 heteroatoms. The van der Waals surface area contributed by atoms with Gasteiger partial charge in [0.1, 0.15) is 22.3 Å². The van der Waals surface area contributed by atoms with E-state index in [0.29, 0.717) is 0 Å². The van der Waals surface area contributed by atoms with Crippen molar-refractivity contribution in [2.45, 2.75) is 18.4 Å². The van der Waals surface area contributed by atoms with E-state index in [1.165, 1.54) is 33.0 Å². The van der Waals surface area contributed by atoms with Gasteiger partial charge in [0.05, 0.1) is 6.04 Å². The lowest BCUT2D eigenvalue weighted by molar-refractivity contribution is 0.515. The highest BCUT2D eigenvalue weighted by Gasteiger charge is 2.41. The first kappa shape index (κ1) is 36.0. The lowest BCUT2D eigenvalue weighted by Gasteiger charge is -2.45. The summed E-state index contributed by atoms with van der Waals surface area (Å²) in [4.78, 5) is 2.58. The zero-order valence-electron chi connectivity index (χ0n) is 34.2. The summed E-state index contributed by atoms with van der Waals surface area (Å²) in [5.74, 6) is 0. The highest BCUT2D eigenvalue weighted by molar-refractivity contribution is 6.10. The molecule has 0 saturated heterocycles. The van der Waals surface area contributed by atoms with E-state index in [9.17, 15) is 0 Å². The maximum atomic E-state index is 6.51. The number of fused-ring (bicyclic) bond motifs is 7. The van der Waals surface area contributed by atoms with Crippen LogP contribution in [0.25, 0.3) is 88.0 Å². The van der Waals surface area contributed by atoms with Crippen LogP contribution in [0.2, 0.25) is 0 Å². The molecule has 0 bridgehead atoms. The van der Waals surface area contributed by atoms with Gasteiger partial charge < -0.3 is 13.7 Å². The van der Waals surface area contributed by atoms with Crippen molar-refractivity contribution >= 4 is 66.0 Å². The van der Waals surface area contributed by atoms with E-state index in [4.69, 9.17) is 8.83 Å². The molecule has 2 heterocycles. The van der Waals surface area contributed by atoms with Crippen molar-refractivity contribution in [3.8, 4) is 33.4 Å². The van der Waals surface area contributed by atoms with Gasteiger partial charge in [0.15, 0.2) is 0 Å². The molecule has 62 heavy (non-hydrogen) atoms. The van der Waals surface area contributed by atoms with Gasteiger partial charge in [-0.3, -0.25) is 0 Å². The molecule has 3 nitrogen and oxygen atoms in total. The Balaban J connectivity index is 1.11. The van der Waals surface area contributed by atoms with Crippen LogP contribution in [0.3, 0.4) is 0 Å². The Labute approximate surface area is 360 Å². The number of anilines is 2. The Morgan fingerprint density at radius 2 is 1.06 bits per heavy atom. The molecule has 2 unspecified atom stereocenters. The molecule has 0 radical (unpaired) electrons. The zero-order valence-corrected chi connectivity index (χ0v) is 34.2. The normalized spacial score (nSPS) is 16.2. The second-order valence-corrected chi connectivity index (χ2v) is 16.6. The minimum atomic E-state index is -0.493. The predicted octanol–water partition coefficient (Wildman–Crippen LogP) is 16.2. The highest BCUT2D eigenvalue weighted by Crippen LogP contribution is 2.49. The number of furan rings is 2. The molecule has 0 spiro atoms. The van der Waals surface area contributed by atoms with Crippen molar-refractivity contribution in [1.82, 2.24) is 0 Å². The molecule has 9 aromatic carbocycles. The third-order valence-electron chi connectivity index (χ3n) is 13.0. The maximum Gasteiger partial charge on any atom is 0.135 e. The van der Waals surface area contributed by atoms with Gasteiger partial charge in [0.25, 0.3) is 0 Å². The molecule has 0 N–H and O–H groups in total. The van der Waals surface area contributed by atoms with Gasteiger partial charge in [0.2, 0.25) is 0 Å². The van der Waals surface area contributed by atoms with E-state index in [-0.39, 0.29) is 6.04 Å². The van der Waals surface area contributed by atoms with Gasteiger partial charge >= 0.3 is 0 Å². The van der Waals surface area contributed by atoms with Crippen LogP contribution in [0, 0.1) is 0 Å². The van der Waals surface area contributed by atoms with Crippen molar-refractivity contribution < 1.29 is 8.83 Å². The molecule has 294 valence electrons. The van der Waals surface area contributed by atoms with Gasteiger partial charge in [-0.05, 0) is 99.6 Å². The Kier molecular flexibility index (Phi) is 8.36. The van der Waals surface area contributed by atoms with Gasteiger partial charge in [-0.1, -0.05) is 176 Å². The molecule has 11 aromatic rings. The summed E-state index contributed by atoms with van der Waals surface area (Å²) in [7, 11) is 0. The van der Waals surface area contributed by atoms with Crippen LogP contribution in [-0.4, -0.2) is 6.04 Å². The lowest BCUT2D eigenvalue weighted by Crippen LogP contribution is -2.46. The SMILES string of the molecule is CC1(c2cccc3oc4ccccc4c23)C=CC=CC1N(c1cccc(-c2ccc3oc4ccccc4c3c2)c1)c1ccccc1-c1cccc2cccc(-c3ccccc3)c12. The van der Waals surface area contributed by atoms with Crippen molar-refractivity contribution in [2.75, 3.05) is 4.90 Å². The summed E-state index contributed by atoms with van der Waals surface area (Å²) in [5, 5.41) is 6.96. The number of nitrogens with zero attached hydrogens (tertiary/aromatic N) is 1. The topological polar surface area (TPSA) is 29.5 Å². The van der Waals surface area contributed by atoms with E-state index in [1.54, 1.807) is 0 Å². The van der Waals surface area contributed by atoms with Crippen LogP contribution in [0.4, 0.5) is 11.4 Å². The minimum absolute atomic E-state index is 0.146. The first-order valence-electron chi connectivity index (χ1n) is 21.4. The Morgan fingerprint density at radius 1 is 0.435 bits per heavy atom. The largest absolute Gasteiger partial charge is 0.456 e. The fourth-order valence-corrected chi connectivity index (χ4v) is 10.1. The number of hydrogen-bond donors (Lipinski definition) is 0. The summed E-state index contributed by atoms with van der Waals surface area (Å²) in [5.41, 5.74) is 13.6. The van der Waals surface area contributed by atoms with Crippen molar-refractivity contribution in [3.63, 3.8) is 0 Å². The fourth-order valence-electron chi connectivity index (χ4n) is 10.1.